The van der Waals surface area contributed by atoms with E-state index in [0.717, 1.165) is 5.56 Å². The molecule has 0 saturated heterocycles. The van der Waals surface area contributed by atoms with E-state index in [1.807, 2.05) is 51.1 Å². The summed E-state index contributed by atoms with van der Waals surface area (Å²) in [6, 6.07) is 9.93. The molecular weight excluding hydrogens is 252 g/mol. The highest BCUT2D eigenvalue weighted by molar-refractivity contribution is 5.80. The number of hydrogen-bond donors (Lipinski definition) is 1. The molecule has 0 unspecified atom stereocenters. The fraction of sp³-hybridized carbons (Fsp3) is 0.588. The van der Waals surface area contributed by atoms with E-state index in [-0.39, 0.29) is 11.7 Å². The SMILES string of the molecule is CCC(=O)[C@@H](C)[C@H](O)C(C)(C)COCc1ccccc1. The van der Waals surface area contributed by atoms with Crippen LogP contribution in [0.3, 0.4) is 0 Å². The third kappa shape index (κ3) is 4.73. The number of carbonyl (C=O) groups excluding carboxylic acids is 1. The molecule has 0 spiro atoms. The predicted octanol–water partition coefficient (Wildman–Crippen LogP) is 3.21. The van der Waals surface area contributed by atoms with Gasteiger partial charge in [0.05, 0.1) is 19.3 Å². The van der Waals surface area contributed by atoms with Gasteiger partial charge >= 0.3 is 0 Å². The molecule has 1 aromatic carbocycles. The lowest BCUT2D eigenvalue weighted by atomic mass is 9.79. The minimum atomic E-state index is -0.689. The molecule has 20 heavy (non-hydrogen) atoms. The van der Waals surface area contributed by atoms with Crippen molar-refractivity contribution in [2.45, 2.75) is 46.8 Å². The summed E-state index contributed by atoms with van der Waals surface area (Å²) in [5, 5.41) is 10.3. The zero-order valence-corrected chi connectivity index (χ0v) is 12.9. The van der Waals surface area contributed by atoms with Gasteiger partial charge in [0.25, 0.3) is 0 Å². The third-order valence-corrected chi connectivity index (χ3v) is 3.72. The van der Waals surface area contributed by atoms with Gasteiger partial charge in [0.1, 0.15) is 5.78 Å². The van der Waals surface area contributed by atoms with Crippen molar-refractivity contribution in [2.75, 3.05) is 6.61 Å². The maximum atomic E-state index is 11.7. The molecule has 0 bridgehead atoms. The second-order valence-electron chi connectivity index (χ2n) is 6.02. The number of hydrogen-bond acceptors (Lipinski definition) is 3. The summed E-state index contributed by atoms with van der Waals surface area (Å²) >= 11 is 0. The summed E-state index contributed by atoms with van der Waals surface area (Å²) in [6.07, 6.45) is -0.232. The molecule has 0 saturated carbocycles. The van der Waals surface area contributed by atoms with E-state index < -0.39 is 11.5 Å². The second-order valence-corrected chi connectivity index (χ2v) is 6.02. The molecular formula is C17H26O3. The molecule has 112 valence electrons. The fourth-order valence-electron chi connectivity index (χ4n) is 2.27. The highest BCUT2D eigenvalue weighted by Gasteiger charge is 2.34. The minimum absolute atomic E-state index is 0.0913. The van der Waals surface area contributed by atoms with E-state index in [1.54, 1.807) is 6.92 Å². The smallest absolute Gasteiger partial charge is 0.138 e. The molecule has 0 heterocycles. The van der Waals surface area contributed by atoms with E-state index >= 15 is 0 Å². The van der Waals surface area contributed by atoms with Crippen molar-refractivity contribution in [3.8, 4) is 0 Å². The van der Waals surface area contributed by atoms with Crippen LogP contribution < -0.4 is 0 Å². The molecule has 3 nitrogen and oxygen atoms in total. The molecule has 0 aliphatic heterocycles. The molecule has 1 rings (SSSR count). The highest BCUT2D eigenvalue weighted by Crippen LogP contribution is 2.28. The zero-order valence-electron chi connectivity index (χ0n) is 12.9. The van der Waals surface area contributed by atoms with Gasteiger partial charge in [-0.25, -0.2) is 0 Å². The van der Waals surface area contributed by atoms with Gasteiger partial charge in [0.2, 0.25) is 0 Å². The second kappa shape index (κ2) is 7.55. The summed E-state index contributed by atoms with van der Waals surface area (Å²) in [6.45, 7) is 8.42. The average molecular weight is 278 g/mol. The van der Waals surface area contributed by atoms with Crippen LogP contribution >= 0.6 is 0 Å². The van der Waals surface area contributed by atoms with Crippen LogP contribution in [0.1, 0.15) is 39.7 Å². The Hall–Kier alpha value is -1.19. The van der Waals surface area contributed by atoms with Crippen molar-refractivity contribution in [1.29, 1.82) is 0 Å². The first kappa shape index (κ1) is 16.9. The Bertz CT molecular complexity index is 412. The van der Waals surface area contributed by atoms with Gasteiger partial charge in [0.15, 0.2) is 0 Å². The molecule has 2 atom stereocenters. The lowest BCUT2D eigenvalue weighted by Gasteiger charge is -2.33. The molecule has 0 fully saturated rings. The van der Waals surface area contributed by atoms with Crippen molar-refractivity contribution in [3.63, 3.8) is 0 Å². The van der Waals surface area contributed by atoms with Crippen LogP contribution in [0.15, 0.2) is 30.3 Å². The first-order chi connectivity index (χ1) is 9.38. The number of aliphatic hydroxyl groups excluding tert-OH is 1. The minimum Gasteiger partial charge on any atom is -0.392 e. The lowest BCUT2D eigenvalue weighted by molar-refractivity contribution is -0.130. The number of ether oxygens (including phenoxy) is 1. The number of rotatable bonds is 8. The van der Waals surface area contributed by atoms with Gasteiger partial charge in [-0.05, 0) is 5.56 Å². The Labute approximate surface area is 122 Å². The van der Waals surface area contributed by atoms with Gasteiger partial charge < -0.3 is 9.84 Å². The molecule has 1 aromatic rings. The van der Waals surface area contributed by atoms with E-state index in [0.29, 0.717) is 19.6 Å². The zero-order chi connectivity index (χ0) is 15.2. The van der Waals surface area contributed by atoms with Crippen molar-refractivity contribution in [2.24, 2.45) is 11.3 Å². The Morgan fingerprint density at radius 3 is 2.45 bits per heavy atom. The Morgan fingerprint density at radius 2 is 1.90 bits per heavy atom. The van der Waals surface area contributed by atoms with Gasteiger partial charge in [-0.15, -0.1) is 0 Å². The van der Waals surface area contributed by atoms with Crippen molar-refractivity contribution in [1.82, 2.24) is 0 Å². The standard InChI is InChI=1S/C17H26O3/c1-5-15(18)13(2)16(19)17(3,4)12-20-11-14-9-7-6-8-10-14/h6-10,13,16,19H,5,11-12H2,1-4H3/t13-,16+/m1/s1. The molecule has 3 heteroatoms. The monoisotopic (exact) mass is 278 g/mol. The molecule has 0 radical (unpaired) electrons. The highest BCUT2D eigenvalue weighted by atomic mass is 16.5. The largest absolute Gasteiger partial charge is 0.392 e. The van der Waals surface area contributed by atoms with Crippen molar-refractivity contribution >= 4 is 5.78 Å². The van der Waals surface area contributed by atoms with Gasteiger partial charge in [-0.3, -0.25) is 4.79 Å². The first-order valence-electron chi connectivity index (χ1n) is 7.21. The van der Waals surface area contributed by atoms with E-state index in [9.17, 15) is 9.90 Å². The summed E-state index contributed by atoms with van der Waals surface area (Å²) < 4.78 is 5.70. The van der Waals surface area contributed by atoms with E-state index in [4.69, 9.17) is 4.74 Å². The number of Topliss-reactive ketones (excluding diaryl/α,β-unsaturated/α-hetero) is 1. The Kier molecular flexibility index (Phi) is 6.37. The van der Waals surface area contributed by atoms with E-state index in [2.05, 4.69) is 0 Å². The van der Waals surface area contributed by atoms with Crippen LogP contribution in [0.5, 0.6) is 0 Å². The summed E-state index contributed by atoms with van der Waals surface area (Å²) in [5.74, 6) is -0.260. The summed E-state index contributed by atoms with van der Waals surface area (Å²) in [7, 11) is 0. The molecule has 1 N–H and O–H groups in total. The first-order valence-corrected chi connectivity index (χ1v) is 7.21. The Morgan fingerprint density at radius 1 is 1.30 bits per heavy atom. The van der Waals surface area contributed by atoms with Crippen molar-refractivity contribution < 1.29 is 14.6 Å². The summed E-state index contributed by atoms with van der Waals surface area (Å²) in [4.78, 5) is 11.7. The van der Waals surface area contributed by atoms with Crippen molar-refractivity contribution in [3.05, 3.63) is 35.9 Å². The Balaban J connectivity index is 2.50. The number of benzene rings is 1. The maximum Gasteiger partial charge on any atom is 0.138 e. The molecule has 0 aromatic heterocycles. The van der Waals surface area contributed by atoms with Crippen LogP contribution in [-0.4, -0.2) is 23.6 Å². The molecule has 0 aliphatic rings. The van der Waals surface area contributed by atoms with Crippen LogP contribution in [0.2, 0.25) is 0 Å². The van der Waals surface area contributed by atoms with Crippen LogP contribution in [-0.2, 0) is 16.1 Å². The van der Waals surface area contributed by atoms with Crippen LogP contribution in [0.25, 0.3) is 0 Å². The summed E-state index contributed by atoms with van der Waals surface area (Å²) in [5.41, 5.74) is 0.662. The van der Waals surface area contributed by atoms with E-state index in [1.165, 1.54) is 0 Å². The maximum absolute atomic E-state index is 11.7. The predicted molar refractivity (Wildman–Crippen MR) is 80.3 cm³/mol. The average Bonchev–Trinajstić information content (AvgIpc) is 2.45. The lowest BCUT2D eigenvalue weighted by Crippen LogP contribution is -2.41. The quantitative estimate of drug-likeness (QED) is 0.794. The number of aliphatic hydroxyl groups is 1. The van der Waals surface area contributed by atoms with Gasteiger partial charge in [-0.1, -0.05) is 58.0 Å². The van der Waals surface area contributed by atoms with Crippen LogP contribution in [0.4, 0.5) is 0 Å². The number of carbonyl (C=O) groups is 1. The van der Waals surface area contributed by atoms with Gasteiger partial charge in [-0.2, -0.15) is 0 Å². The topological polar surface area (TPSA) is 46.5 Å². The molecule has 0 amide bonds. The third-order valence-electron chi connectivity index (χ3n) is 3.72. The molecule has 0 aliphatic carbocycles. The normalized spacial score (nSPS) is 14.8. The fourth-order valence-corrected chi connectivity index (χ4v) is 2.27. The number of ketones is 1. The van der Waals surface area contributed by atoms with Crippen LogP contribution in [0, 0.1) is 11.3 Å². The van der Waals surface area contributed by atoms with Gasteiger partial charge in [0, 0.05) is 17.8 Å².